The number of ether oxygens (including phenoxy) is 3. The molecule has 4 rings (SSSR count). The third-order valence-corrected chi connectivity index (χ3v) is 7.31. The molecule has 0 radical (unpaired) electrons. The van der Waals surface area contributed by atoms with E-state index < -0.39 is 11.9 Å². The minimum Gasteiger partial charge on any atom is -0.545 e. The van der Waals surface area contributed by atoms with Crippen LogP contribution in [0.5, 0.6) is 11.5 Å². The average Bonchev–Trinajstić information content (AvgIpc) is 3.22. The number of methoxy groups -OCH3 is 1. The first-order valence-electron chi connectivity index (χ1n) is 12.1. The van der Waals surface area contributed by atoms with Crippen LogP contribution in [0.2, 0.25) is 0 Å². The summed E-state index contributed by atoms with van der Waals surface area (Å²) in [5.74, 6) is -1.33. The summed E-state index contributed by atoms with van der Waals surface area (Å²) >= 11 is 4.74. The normalized spacial score (nSPS) is 15.0. The number of amides is 1. The van der Waals surface area contributed by atoms with Gasteiger partial charge in [-0.3, -0.25) is 9.69 Å². The SMILES string of the molecule is CCOC(=O)COc1cc(Br)c(C=C2SC(=Nc3ccccc3)N(Cc3ccc(C(=O)[O-])cc3)C2=O)cc1OC. The fourth-order valence-electron chi connectivity index (χ4n) is 3.69. The average molecular weight is 624 g/mol. The lowest BCUT2D eigenvalue weighted by Gasteiger charge is -2.16. The second kappa shape index (κ2) is 13.3. The largest absolute Gasteiger partial charge is 0.545 e. The molecule has 40 heavy (non-hydrogen) atoms. The molecule has 1 aliphatic rings. The van der Waals surface area contributed by atoms with Crippen LogP contribution < -0.4 is 14.6 Å². The van der Waals surface area contributed by atoms with Crippen LogP contribution >= 0.6 is 27.7 Å². The maximum absolute atomic E-state index is 13.6. The Morgan fingerprint density at radius 3 is 2.45 bits per heavy atom. The van der Waals surface area contributed by atoms with Crippen molar-refractivity contribution in [3.63, 3.8) is 0 Å². The first-order valence-corrected chi connectivity index (χ1v) is 13.7. The monoisotopic (exact) mass is 623 g/mol. The quantitative estimate of drug-likeness (QED) is 0.238. The number of carboxylic acids is 1. The van der Waals surface area contributed by atoms with Crippen molar-refractivity contribution in [3.05, 3.63) is 92.8 Å². The van der Waals surface area contributed by atoms with E-state index in [1.165, 1.54) is 31.0 Å². The first kappa shape index (κ1) is 28.9. The number of esters is 1. The van der Waals surface area contributed by atoms with Crippen molar-refractivity contribution in [1.82, 2.24) is 4.90 Å². The van der Waals surface area contributed by atoms with Crippen molar-refractivity contribution in [3.8, 4) is 11.5 Å². The van der Waals surface area contributed by atoms with Crippen LogP contribution in [0.25, 0.3) is 6.08 Å². The minimum atomic E-state index is -1.27. The van der Waals surface area contributed by atoms with Gasteiger partial charge in [0.1, 0.15) is 0 Å². The van der Waals surface area contributed by atoms with E-state index >= 15 is 0 Å². The highest BCUT2D eigenvalue weighted by Crippen LogP contribution is 2.39. The number of para-hydroxylation sites is 1. The van der Waals surface area contributed by atoms with Crippen LogP contribution in [-0.2, 0) is 20.9 Å². The topological polar surface area (TPSA) is 118 Å². The van der Waals surface area contributed by atoms with E-state index in [2.05, 4.69) is 20.9 Å². The smallest absolute Gasteiger partial charge is 0.344 e. The molecule has 0 spiro atoms. The maximum Gasteiger partial charge on any atom is 0.344 e. The number of aromatic carboxylic acids is 1. The van der Waals surface area contributed by atoms with Crippen molar-refractivity contribution >= 4 is 62.5 Å². The minimum absolute atomic E-state index is 0.0538. The number of nitrogens with zero attached hydrogens (tertiary/aromatic N) is 2. The van der Waals surface area contributed by atoms with Crippen molar-refractivity contribution in [2.45, 2.75) is 13.5 Å². The van der Waals surface area contributed by atoms with E-state index in [0.29, 0.717) is 37.3 Å². The Morgan fingerprint density at radius 2 is 1.80 bits per heavy atom. The van der Waals surface area contributed by atoms with Gasteiger partial charge in [-0.1, -0.05) is 58.4 Å². The molecule has 0 saturated carbocycles. The molecule has 0 aliphatic carbocycles. The van der Waals surface area contributed by atoms with Gasteiger partial charge >= 0.3 is 5.97 Å². The third-order valence-electron chi connectivity index (χ3n) is 5.62. The summed E-state index contributed by atoms with van der Waals surface area (Å²) in [5, 5.41) is 11.6. The van der Waals surface area contributed by atoms with Gasteiger partial charge in [0.15, 0.2) is 23.3 Å². The number of rotatable bonds is 10. The molecule has 3 aromatic rings. The third kappa shape index (κ3) is 7.10. The van der Waals surface area contributed by atoms with Gasteiger partial charge in [-0.2, -0.15) is 0 Å². The number of carboxylic acid groups (broad SMARTS) is 1. The number of thioether (sulfide) groups is 1. The predicted octanol–water partition coefficient (Wildman–Crippen LogP) is 4.57. The lowest BCUT2D eigenvalue weighted by Crippen LogP contribution is -2.28. The standard InChI is InChI=1S/C29H25BrN2O7S/c1-3-38-26(33)17-39-24-15-22(30)20(13-23(24)37-2)14-25-27(34)32(16-18-9-11-19(12-10-18)28(35)36)29(40-25)31-21-7-5-4-6-8-21/h4-15H,3,16-17H2,1-2H3,(H,35,36)/p-1. The zero-order valence-corrected chi connectivity index (χ0v) is 24.0. The number of aliphatic imine (C=N–C) groups is 1. The Labute approximate surface area is 243 Å². The lowest BCUT2D eigenvalue weighted by molar-refractivity contribution is -0.255. The van der Waals surface area contributed by atoms with E-state index in [0.717, 1.165) is 5.56 Å². The molecule has 1 amide bonds. The van der Waals surface area contributed by atoms with E-state index in [4.69, 9.17) is 14.2 Å². The Hall–Kier alpha value is -4.09. The van der Waals surface area contributed by atoms with E-state index in [-0.39, 0.29) is 31.2 Å². The van der Waals surface area contributed by atoms with Crippen molar-refractivity contribution < 1.29 is 33.7 Å². The number of carbonyl (C=O) groups is 3. The van der Waals surface area contributed by atoms with E-state index in [9.17, 15) is 19.5 Å². The van der Waals surface area contributed by atoms with E-state index in [1.54, 1.807) is 42.2 Å². The highest BCUT2D eigenvalue weighted by atomic mass is 79.9. The summed E-state index contributed by atoms with van der Waals surface area (Å²) in [6.45, 7) is 1.87. The summed E-state index contributed by atoms with van der Waals surface area (Å²) in [5.41, 5.74) is 2.11. The molecular formula is C29H24BrN2O7S-. The second-order valence-corrected chi connectivity index (χ2v) is 10.2. The van der Waals surface area contributed by atoms with Crippen molar-refractivity contribution in [1.29, 1.82) is 0 Å². The summed E-state index contributed by atoms with van der Waals surface area (Å²) in [6, 6.07) is 18.8. The van der Waals surface area contributed by atoms with E-state index in [1.807, 2.05) is 30.3 Å². The lowest BCUT2D eigenvalue weighted by atomic mass is 10.1. The van der Waals surface area contributed by atoms with Crippen LogP contribution in [-0.4, -0.2) is 48.2 Å². The van der Waals surface area contributed by atoms with Crippen LogP contribution in [0.15, 0.2) is 81.1 Å². The number of carbonyl (C=O) groups excluding carboxylic acids is 3. The van der Waals surface area contributed by atoms with Gasteiger partial charge in [0, 0.05) is 4.47 Å². The predicted molar refractivity (Wildman–Crippen MR) is 153 cm³/mol. The molecule has 0 N–H and O–H groups in total. The number of hydrogen-bond donors (Lipinski definition) is 0. The molecule has 206 valence electrons. The van der Waals surface area contributed by atoms with Gasteiger partial charge in [0.05, 0.1) is 36.8 Å². The fraction of sp³-hybridized carbons (Fsp3) is 0.172. The maximum atomic E-state index is 13.6. The Bertz CT molecular complexity index is 1470. The number of benzene rings is 3. The summed E-state index contributed by atoms with van der Waals surface area (Å²) in [6.07, 6.45) is 1.72. The molecule has 1 heterocycles. The molecular weight excluding hydrogens is 600 g/mol. The van der Waals surface area contributed by atoms with Crippen molar-refractivity contribution in [2.24, 2.45) is 4.99 Å². The van der Waals surface area contributed by atoms with Gasteiger partial charge in [-0.05, 0) is 65.7 Å². The summed E-state index contributed by atoms with van der Waals surface area (Å²) < 4.78 is 16.5. The Kier molecular flexibility index (Phi) is 9.62. The van der Waals surface area contributed by atoms with Crippen LogP contribution in [0.4, 0.5) is 5.69 Å². The molecule has 1 fully saturated rings. The highest BCUT2D eigenvalue weighted by molar-refractivity contribution is 9.10. The Morgan fingerprint density at radius 1 is 1.07 bits per heavy atom. The molecule has 0 unspecified atom stereocenters. The van der Waals surface area contributed by atoms with Gasteiger partial charge in [-0.15, -0.1) is 0 Å². The van der Waals surface area contributed by atoms with Crippen molar-refractivity contribution in [2.75, 3.05) is 20.3 Å². The number of hydrogen-bond acceptors (Lipinski definition) is 9. The van der Waals surface area contributed by atoms with Gasteiger partial charge in [0.25, 0.3) is 5.91 Å². The van der Waals surface area contributed by atoms with Crippen LogP contribution in [0, 0.1) is 0 Å². The van der Waals surface area contributed by atoms with Crippen LogP contribution in [0.3, 0.4) is 0 Å². The fourth-order valence-corrected chi connectivity index (χ4v) is 5.11. The van der Waals surface area contributed by atoms with Gasteiger partial charge in [0.2, 0.25) is 0 Å². The molecule has 1 saturated heterocycles. The molecule has 1 aliphatic heterocycles. The number of halogens is 1. The zero-order chi connectivity index (χ0) is 28.6. The highest BCUT2D eigenvalue weighted by Gasteiger charge is 2.34. The Balaban J connectivity index is 1.65. The molecule has 11 heteroatoms. The molecule has 0 bridgehead atoms. The van der Waals surface area contributed by atoms with Gasteiger partial charge in [-0.25, -0.2) is 9.79 Å². The van der Waals surface area contributed by atoms with Gasteiger partial charge < -0.3 is 24.1 Å². The molecule has 9 nitrogen and oxygen atoms in total. The number of amidine groups is 1. The first-order chi connectivity index (χ1) is 19.3. The second-order valence-electron chi connectivity index (χ2n) is 8.33. The zero-order valence-electron chi connectivity index (χ0n) is 21.6. The molecule has 3 aromatic carbocycles. The summed E-state index contributed by atoms with van der Waals surface area (Å²) in [4.78, 5) is 43.1. The molecule has 0 aromatic heterocycles. The molecule has 0 atom stereocenters. The van der Waals surface area contributed by atoms with Crippen LogP contribution in [0.1, 0.15) is 28.4 Å². The summed E-state index contributed by atoms with van der Waals surface area (Å²) in [7, 11) is 1.48.